The van der Waals surface area contributed by atoms with E-state index in [1.54, 1.807) is 0 Å². The van der Waals surface area contributed by atoms with Crippen LogP contribution in [-0.2, 0) is 0 Å². The summed E-state index contributed by atoms with van der Waals surface area (Å²) in [6.07, 6.45) is 2.12. The maximum atomic E-state index is 5.42. The molecule has 102 valence electrons. The van der Waals surface area contributed by atoms with Crippen molar-refractivity contribution in [2.45, 2.75) is 26.7 Å². The number of hydrogen-bond acceptors (Lipinski definition) is 6. The van der Waals surface area contributed by atoms with Gasteiger partial charge in [-0.25, -0.2) is 15.8 Å². The van der Waals surface area contributed by atoms with Gasteiger partial charge in [-0.3, -0.25) is 0 Å². The fourth-order valence-electron chi connectivity index (χ4n) is 1.51. The molecule has 1 heterocycles. The number of rotatable bonds is 7. The van der Waals surface area contributed by atoms with Crippen LogP contribution in [0.4, 0.5) is 11.6 Å². The van der Waals surface area contributed by atoms with Crippen LogP contribution in [0, 0.1) is 5.92 Å². The molecular weight excluding hydrogens is 246 g/mol. The van der Waals surface area contributed by atoms with Gasteiger partial charge in [0.15, 0.2) is 0 Å². The van der Waals surface area contributed by atoms with E-state index in [1.807, 2.05) is 17.8 Å². The molecule has 0 radical (unpaired) electrons. The standard InChI is InChI=1S/C12H23N5S/c1-8(2)12-15-10(5-11(16-12)17-13)14-6-9(3)7-18-4/h5,8-9H,6-7,13H2,1-4H3,(H2,14,15,16,17). The van der Waals surface area contributed by atoms with Crippen molar-refractivity contribution in [2.24, 2.45) is 11.8 Å². The van der Waals surface area contributed by atoms with Gasteiger partial charge in [-0.15, -0.1) is 0 Å². The van der Waals surface area contributed by atoms with E-state index >= 15 is 0 Å². The molecule has 1 rings (SSSR count). The lowest BCUT2D eigenvalue weighted by Gasteiger charge is -2.14. The number of thioether (sulfide) groups is 1. The van der Waals surface area contributed by atoms with E-state index in [4.69, 9.17) is 5.84 Å². The summed E-state index contributed by atoms with van der Waals surface area (Å²) in [6, 6.07) is 1.83. The number of hydrogen-bond donors (Lipinski definition) is 3. The Bertz CT molecular complexity index is 369. The number of nitrogens with zero attached hydrogens (tertiary/aromatic N) is 2. The Kier molecular flexibility index (Phi) is 6.21. The van der Waals surface area contributed by atoms with E-state index in [0.717, 1.165) is 23.9 Å². The maximum Gasteiger partial charge on any atom is 0.145 e. The first-order chi connectivity index (χ1) is 8.56. The van der Waals surface area contributed by atoms with Crippen molar-refractivity contribution in [3.8, 4) is 0 Å². The van der Waals surface area contributed by atoms with E-state index in [0.29, 0.717) is 11.7 Å². The normalized spacial score (nSPS) is 12.6. The van der Waals surface area contributed by atoms with E-state index < -0.39 is 0 Å². The third-order valence-electron chi connectivity index (χ3n) is 2.49. The molecule has 0 amide bonds. The van der Waals surface area contributed by atoms with E-state index in [9.17, 15) is 0 Å². The predicted molar refractivity (Wildman–Crippen MR) is 80.0 cm³/mol. The molecule has 5 nitrogen and oxygen atoms in total. The Morgan fingerprint density at radius 2 is 1.94 bits per heavy atom. The molecule has 1 aromatic heterocycles. The lowest BCUT2D eigenvalue weighted by atomic mass is 10.2. The lowest BCUT2D eigenvalue weighted by molar-refractivity contribution is 0.696. The minimum absolute atomic E-state index is 0.280. The van der Waals surface area contributed by atoms with E-state index in [-0.39, 0.29) is 5.92 Å². The van der Waals surface area contributed by atoms with Gasteiger partial charge < -0.3 is 10.7 Å². The average molecular weight is 269 g/mol. The molecule has 0 aliphatic rings. The molecule has 0 bridgehead atoms. The number of nitrogens with two attached hydrogens (primary N) is 1. The summed E-state index contributed by atoms with van der Waals surface area (Å²) in [4.78, 5) is 8.81. The molecule has 0 saturated heterocycles. The van der Waals surface area contributed by atoms with Crippen molar-refractivity contribution in [1.82, 2.24) is 9.97 Å². The maximum absolute atomic E-state index is 5.42. The van der Waals surface area contributed by atoms with Crippen molar-refractivity contribution in [2.75, 3.05) is 29.3 Å². The number of nitrogens with one attached hydrogen (secondary N) is 2. The van der Waals surface area contributed by atoms with Crippen molar-refractivity contribution in [3.05, 3.63) is 11.9 Å². The minimum atomic E-state index is 0.280. The Morgan fingerprint density at radius 1 is 1.28 bits per heavy atom. The van der Waals surface area contributed by atoms with Gasteiger partial charge in [0.05, 0.1) is 0 Å². The van der Waals surface area contributed by atoms with Gasteiger partial charge >= 0.3 is 0 Å². The van der Waals surface area contributed by atoms with Gasteiger partial charge in [-0.1, -0.05) is 20.8 Å². The highest BCUT2D eigenvalue weighted by atomic mass is 32.2. The molecule has 0 aromatic carbocycles. The number of anilines is 2. The Morgan fingerprint density at radius 3 is 2.50 bits per heavy atom. The van der Waals surface area contributed by atoms with Crippen LogP contribution in [0.2, 0.25) is 0 Å². The molecule has 0 aliphatic carbocycles. The number of aromatic nitrogens is 2. The largest absolute Gasteiger partial charge is 0.370 e. The van der Waals surface area contributed by atoms with Crippen LogP contribution in [0.15, 0.2) is 6.07 Å². The molecule has 4 N–H and O–H groups in total. The highest BCUT2D eigenvalue weighted by Gasteiger charge is 2.08. The van der Waals surface area contributed by atoms with E-state index in [2.05, 4.69) is 47.7 Å². The fraction of sp³-hybridized carbons (Fsp3) is 0.667. The average Bonchev–Trinajstić information content (AvgIpc) is 2.36. The molecule has 1 aromatic rings. The second kappa shape index (κ2) is 7.43. The molecule has 1 atom stereocenters. The summed E-state index contributed by atoms with van der Waals surface area (Å²) in [5.41, 5.74) is 2.58. The van der Waals surface area contributed by atoms with Gasteiger partial charge in [-0.05, 0) is 17.9 Å². The number of hydrazine groups is 1. The summed E-state index contributed by atoms with van der Waals surface area (Å²) in [7, 11) is 0. The first-order valence-electron chi connectivity index (χ1n) is 6.15. The van der Waals surface area contributed by atoms with Crippen LogP contribution in [0.25, 0.3) is 0 Å². The summed E-state index contributed by atoms with van der Waals surface area (Å²) in [6.45, 7) is 7.25. The Hall–Kier alpha value is -1.01. The molecular formula is C12H23N5S. The molecule has 0 fully saturated rings. The molecule has 1 unspecified atom stereocenters. The second-order valence-electron chi connectivity index (χ2n) is 4.74. The third kappa shape index (κ3) is 4.70. The van der Waals surface area contributed by atoms with Gasteiger partial charge in [0.25, 0.3) is 0 Å². The van der Waals surface area contributed by atoms with Crippen molar-refractivity contribution in [1.29, 1.82) is 0 Å². The van der Waals surface area contributed by atoms with Gasteiger partial charge in [0, 0.05) is 18.5 Å². The van der Waals surface area contributed by atoms with Crippen LogP contribution >= 0.6 is 11.8 Å². The predicted octanol–water partition coefficient (Wildman–Crippen LogP) is 2.30. The zero-order chi connectivity index (χ0) is 13.5. The minimum Gasteiger partial charge on any atom is -0.370 e. The molecule has 6 heteroatoms. The van der Waals surface area contributed by atoms with Crippen molar-refractivity contribution in [3.63, 3.8) is 0 Å². The second-order valence-corrected chi connectivity index (χ2v) is 5.65. The summed E-state index contributed by atoms with van der Waals surface area (Å²) in [5.74, 6) is 9.71. The smallest absolute Gasteiger partial charge is 0.145 e. The zero-order valence-electron chi connectivity index (χ0n) is 11.5. The number of nitrogen functional groups attached to an aromatic ring is 1. The Balaban J connectivity index is 2.72. The highest BCUT2D eigenvalue weighted by molar-refractivity contribution is 7.98. The summed E-state index contributed by atoms with van der Waals surface area (Å²) >= 11 is 1.86. The quantitative estimate of drug-likeness (QED) is 0.521. The van der Waals surface area contributed by atoms with Crippen LogP contribution in [0.3, 0.4) is 0 Å². The van der Waals surface area contributed by atoms with Crippen LogP contribution in [-0.4, -0.2) is 28.5 Å². The van der Waals surface area contributed by atoms with Crippen LogP contribution in [0.1, 0.15) is 32.5 Å². The van der Waals surface area contributed by atoms with E-state index in [1.165, 1.54) is 0 Å². The topological polar surface area (TPSA) is 75.9 Å². The third-order valence-corrected chi connectivity index (χ3v) is 3.39. The van der Waals surface area contributed by atoms with Gasteiger partial charge in [0.2, 0.25) is 0 Å². The molecule has 0 spiro atoms. The fourth-order valence-corrected chi connectivity index (χ4v) is 2.20. The SMILES string of the molecule is CSCC(C)CNc1cc(NN)nc(C(C)C)n1. The van der Waals surface area contributed by atoms with Crippen LogP contribution < -0.4 is 16.6 Å². The van der Waals surface area contributed by atoms with Crippen molar-refractivity contribution < 1.29 is 0 Å². The first kappa shape index (κ1) is 15.0. The van der Waals surface area contributed by atoms with Crippen molar-refractivity contribution >= 4 is 23.4 Å². The zero-order valence-corrected chi connectivity index (χ0v) is 12.3. The summed E-state index contributed by atoms with van der Waals surface area (Å²) < 4.78 is 0. The summed E-state index contributed by atoms with van der Waals surface area (Å²) in [5, 5.41) is 3.34. The van der Waals surface area contributed by atoms with Gasteiger partial charge in [-0.2, -0.15) is 11.8 Å². The highest BCUT2D eigenvalue weighted by Crippen LogP contribution is 2.17. The monoisotopic (exact) mass is 269 g/mol. The van der Waals surface area contributed by atoms with Crippen LogP contribution in [0.5, 0.6) is 0 Å². The lowest BCUT2D eigenvalue weighted by Crippen LogP contribution is -2.16. The molecule has 18 heavy (non-hydrogen) atoms. The van der Waals surface area contributed by atoms with Gasteiger partial charge in [0.1, 0.15) is 17.5 Å². The first-order valence-corrected chi connectivity index (χ1v) is 7.54. The molecule has 0 saturated carbocycles. The Labute approximate surface area is 113 Å². The molecule has 0 aliphatic heterocycles.